The molecular formula is C56H37N3O. The van der Waals surface area contributed by atoms with Crippen molar-refractivity contribution in [2.75, 3.05) is 4.90 Å². The third kappa shape index (κ3) is 6.37. The van der Waals surface area contributed by atoms with Crippen LogP contribution in [0.1, 0.15) is 0 Å². The van der Waals surface area contributed by atoms with Gasteiger partial charge in [-0.3, -0.25) is 0 Å². The standard InChI is InChI=1S/C56H37N3O/c1-4-16-38(17-5-1)40-30-32-44(33-31-40)59(52-29-13-11-24-46(52)41-20-8-3-9-21-41)45-34-35-53-50(37-45)47-26-15-27-49(55(47)60-53)56-57-51-28-12-10-25-48(51)54(58-56)43-23-14-22-42(36-43)39-18-6-2-7-19-39/h1-37H. The highest BCUT2D eigenvalue weighted by molar-refractivity contribution is 6.11. The number of benzene rings is 9. The molecule has 0 bridgehead atoms. The number of hydrogen-bond donors (Lipinski definition) is 0. The van der Waals surface area contributed by atoms with Crippen molar-refractivity contribution in [1.82, 2.24) is 9.97 Å². The maximum Gasteiger partial charge on any atom is 0.164 e. The highest BCUT2D eigenvalue weighted by Crippen LogP contribution is 2.44. The SMILES string of the molecule is c1ccc(-c2ccc(N(c3ccc4oc5c(-c6nc(-c7cccc(-c8ccccc8)c7)c7ccccc7n6)cccc5c4c3)c3ccccc3-c3ccccc3)cc2)cc1. The summed E-state index contributed by atoms with van der Waals surface area (Å²) in [5.74, 6) is 0.621. The first-order chi connectivity index (χ1) is 29.7. The van der Waals surface area contributed by atoms with E-state index >= 15 is 0 Å². The summed E-state index contributed by atoms with van der Waals surface area (Å²) in [7, 11) is 0. The van der Waals surface area contributed by atoms with Crippen molar-refractivity contribution in [2.24, 2.45) is 0 Å². The van der Waals surface area contributed by atoms with Crippen LogP contribution < -0.4 is 4.90 Å². The first-order valence-corrected chi connectivity index (χ1v) is 20.2. The number of para-hydroxylation sites is 3. The Morgan fingerprint density at radius 3 is 1.70 bits per heavy atom. The van der Waals surface area contributed by atoms with Crippen LogP contribution in [0.15, 0.2) is 229 Å². The van der Waals surface area contributed by atoms with Crippen LogP contribution in [0.3, 0.4) is 0 Å². The Balaban J connectivity index is 1.06. The molecule has 0 unspecified atom stereocenters. The van der Waals surface area contributed by atoms with Crippen molar-refractivity contribution in [1.29, 1.82) is 0 Å². The molecule has 9 aromatic carbocycles. The average molecular weight is 768 g/mol. The summed E-state index contributed by atoms with van der Waals surface area (Å²) in [5.41, 5.74) is 15.3. The Labute approximate surface area is 348 Å². The molecule has 11 aromatic rings. The number of rotatable bonds is 8. The Bertz CT molecular complexity index is 3300. The zero-order chi connectivity index (χ0) is 39.8. The van der Waals surface area contributed by atoms with Gasteiger partial charge in [0.05, 0.1) is 22.5 Å². The number of nitrogens with zero attached hydrogens (tertiary/aromatic N) is 3. The van der Waals surface area contributed by atoms with Crippen LogP contribution in [0.5, 0.6) is 0 Å². The van der Waals surface area contributed by atoms with E-state index in [0.717, 1.165) is 89.0 Å². The van der Waals surface area contributed by atoms with Gasteiger partial charge < -0.3 is 9.32 Å². The summed E-state index contributed by atoms with van der Waals surface area (Å²) in [5, 5.41) is 3.02. The molecule has 60 heavy (non-hydrogen) atoms. The molecule has 2 heterocycles. The predicted molar refractivity (Wildman–Crippen MR) is 249 cm³/mol. The number of hydrogen-bond acceptors (Lipinski definition) is 4. The van der Waals surface area contributed by atoms with Crippen LogP contribution in [-0.4, -0.2) is 9.97 Å². The molecule has 4 nitrogen and oxygen atoms in total. The lowest BCUT2D eigenvalue weighted by atomic mass is 9.99. The van der Waals surface area contributed by atoms with Gasteiger partial charge in [-0.1, -0.05) is 170 Å². The average Bonchev–Trinajstić information content (AvgIpc) is 3.71. The Morgan fingerprint density at radius 1 is 0.350 bits per heavy atom. The van der Waals surface area contributed by atoms with E-state index in [0.29, 0.717) is 5.82 Å². The minimum Gasteiger partial charge on any atom is -0.455 e. The largest absolute Gasteiger partial charge is 0.455 e. The summed E-state index contributed by atoms with van der Waals surface area (Å²) in [6.07, 6.45) is 0. The number of anilines is 3. The monoisotopic (exact) mass is 767 g/mol. The van der Waals surface area contributed by atoms with E-state index in [2.05, 4.69) is 211 Å². The molecule has 0 amide bonds. The quantitative estimate of drug-likeness (QED) is 0.154. The molecule has 282 valence electrons. The van der Waals surface area contributed by atoms with Gasteiger partial charge in [-0.25, -0.2) is 9.97 Å². The van der Waals surface area contributed by atoms with Crippen LogP contribution in [0.4, 0.5) is 17.1 Å². The highest BCUT2D eigenvalue weighted by atomic mass is 16.3. The van der Waals surface area contributed by atoms with Gasteiger partial charge in [-0.05, 0) is 82.4 Å². The van der Waals surface area contributed by atoms with Crippen molar-refractivity contribution >= 4 is 49.9 Å². The third-order valence-electron chi connectivity index (χ3n) is 11.3. The van der Waals surface area contributed by atoms with E-state index in [-0.39, 0.29) is 0 Å². The lowest BCUT2D eigenvalue weighted by Gasteiger charge is -2.28. The predicted octanol–water partition coefficient (Wildman–Crippen LogP) is 15.3. The van der Waals surface area contributed by atoms with E-state index in [1.54, 1.807) is 0 Å². The van der Waals surface area contributed by atoms with Gasteiger partial charge in [0.1, 0.15) is 11.2 Å². The Hall–Kier alpha value is -8.08. The van der Waals surface area contributed by atoms with Gasteiger partial charge in [0.25, 0.3) is 0 Å². The van der Waals surface area contributed by atoms with E-state index in [1.165, 1.54) is 11.1 Å². The molecule has 0 fully saturated rings. The zero-order valence-corrected chi connectivity index (χ0v) is 32.6. The lowest BCUT2D eigenvalue weighted by molar-refractivity contribution is 0.669. The molecule has 0 saturated heterocycles. The van der Waals surface area contributed by atoms with Crippen molar-refractivity contribution < 1.29 is 4.42 Å². The van der Waals surface area contributed by atoms with Crippen LogP contribution in [0, 0.1) is 0 Å². The number of aromatic nitrogens is 2. The van der Waals surface area contributed by atoms with Crippen molar-refractivity contribution in [2.45, 2.75) is 0 Å². The van der Waals surface area contributed by atoms with E-state index in [1.807, 2.05) is 18.2 Å². The summed E-state index contributed by atoms with van der Waals surface area (Å²) in [6, 6.07) is 78.6. The molecule has 0 saturated carbocycles. The van der Waals surface area contributed by atoms with Gasteiger partial charge in [-0.2, -0.15) is 0 Å². The van der Waals surface area contributed by atoms with Crippen LogP contribution in [-0.2, 0) is 0 Å². The number of furan rings is 1. The molecule has 0 atom stereocenters. The highest BCUT2D eigenvalue weighted by Gasteiger charge is 2.21. The molecule has 0 aliphatic rings. The molecule has 4 heteroatoms. The molecule has 0 radical (unpaired) electrons. The first-order valence-electron chi connectivity index (χ1n) is 20.2. The number of fused-ring (bicyclic) bond motifs is 4. The summed E-state index contributed by atoms with van der Waals surface area (Å²) >= 11 is 0. The Morgan fingerprint density at radius 2 is 0.917 bits per heavy atom. The normalized spacial score (nSPS) is 11.3. The first kappa shape index (κ1) is 35.1. The van der Waals surface area contributed by atoms with E-state index in [9.17, 15) is 0 Å². The second kappa shape index (κ2) is 15.0. The molecule has 0 N–H and O–H groups in total. The van der Waals surface area contributed by atoms with Crippen LogP contribution >= 0.6 is 0 Å². The fourth-order valence-electron chi connectivity index (χ4n) is 8.39. The Kier molecular flexibility index (Phi) is 8.79. The van der Waals surface area contributed by atoms with Crippen LogP contribution in [0.25, 0.3) is 88.9 Å². The van der Waals surface area contributed by atoms with Gasteiger partial charge in [0.2, 0.25) is 0 Å². The fourth-order valence-corrected chi connectivity index (χ4v) is 8.39. The maximum absolute atomic E-state index is 6.78. The second-order valence-corrected chi connectivity index (χ2v) is 15.0. The topological polar surface area (TPSA) is 42.2 Å². The molecule has 0 aliphatic carbocycles. The fraction of sp³-hybridized carbons (Fsp3) is 0. The van der Waals surface area contributed by atoms with Crippen molar-refractivity contribution in [3.8, 4) is 56.0 Å². The van der Waals surface area contributed by atoms with Crippen molar-refractivity contribution in [3.05, 3.63) is 224 Å². The molecule has 2 aromatic heterocycles. The van der Waals surface area contributed by atoms with Crippen molar-refractivity contribution in [3.63, 3.8) is 0 Å². The molecular weight excluding hydrogens is 731 g/mol. The van der Waals surface area contributed by atoms with Gasteiger partial charge in [0, 0.05) is 38.7 Å². The zero-order valence-electron chi connectivity index (χ0n) is 32.6. The minimum atomic E-state index is 0.621. The smallest absolute Gasteiger partial charge is 0.164 e. The van der Waals surface area contributed by atoms with Gasteiger partial charge in [-0.15, -0.1) is 0 Å². The molecule has 11 rings (SSSR count). The third-order valence-corrected chi connectivity index (χ3v) is 11.3. The summed E-state index contributed by atoms with van der Waals surface area (Å²) < 4.78 is 6.78. The maximum atomic E-state index is 6.78. The molecule has 0 aliphatic heterocycles. The van der Waals surface area contributed by atoms with E-state index < -0.39 is 0 Å². The minimum absolute atomic E-state index is 0.621. The summed E-state index contributed by atoms with van der Waals surface area (Å²) in [4.78, 5) is 12.8. The second-order valence-electron chi connectivity index (χ2n) is 15.0. The molecule has 0 spiro atoms. The summed E-state index contributed by atoms with van der Waals surface area (Å²) in [6.45, 7) is 0. The van der Waals surface area contributed by atoms with Crippen LogP contribution in [0.2, 0.25) is 0 Å². The van der Waals surface area contributed by atoms with E-state index in [4.69, 9.17) is 14.4 Å². The lowest BCUT2D eigenvalue weighted by Crippen LogP contribution is -2.11. The van der Waals surface area contributed by atoms with Gasteiger partial charge >= 0.3 is 0 Å². The van der Waals surface area contributed by atoms with Gasteiger partial charge in [0.15, 0.2) is 5.82 Å².